The van der Waals surface area contributed by atoms with Gasteiger partial charge in [-0.1, -0.05) is 30.3 Å². The zero-order chi connectivity index (χ0) is 15.2. The highest BCUT2D eigenvalue weighted by molar-refractivity contribution is 5.35. The molecule has 6 aliphatic rings. The second-order valence-corrected chi connectivity index (χ2v) is 9.02. The quantitative estimate of drug-likeness (QED) is 0.925. The second kappa shape index (κ2) is 4.21. The van der Waals surface area contributed by atoms with Gasteiger partial charge in [-0.3, -0.25) is 4.90 Å². The van der Waals surface area contributed by atoms with Gasteiger partial charge >= 0.3 is 0 Å². The zero-order valence-electron chi connectivity index (χ0n) is 13.8. The molecule has 4 saturated carbocycles. The van der Waals surface area contributed by atoms with E-state index in [9.17, 15) is 5.11 Å². The molecule has 23 heavy (non-hydrogen) atoms. The highest BCUT2D eigenvalue weighted by Crippen LogP contribution is 2.78. The van der Waals surface area contributed by atoms with Crippen LogP contribution in [-0.4, -0.2) is 28.6 Å². The minimum Gasteiger partial charge on any atom is -0.383 e. The summed E-state index contributed by atoms with van der Waals surface area (Å²) in [6, 6.07) is 10.8. The minimum atomic E-state index is -0.614. The molecule has 4 atom stereocenters. The third-order valence-electron chi connectivity index (χ3n) is 8.52. The van der Waals surface area contributed by atoms with Crippen LogP contribution in [0.3, 0.4) is 0 Å². The second-order valence-electron chi connectivity index (χ2n) is 9.02. The average Bonchev–Trinajstić information content (AvgIpc) is 3.19. The summed E-state index contributed by atoms with van der Waals surface area (Å²) >= 11 is 0. The molecule has 2 nitrogen and oxygen atoms in total. The van der Waals surface area contributed by atoms with Crippen molar-refractivity contribution in [3.63, 3.8) is 0 Å². The van der Waals surface area contributed by atoms with Gasteiger partial charge in [0.25, 0.3) is 0 Å². The Balaban J connectivity index is 1.54. The molecular weight excluding hydrogens is 282 g/mol. The molecule has 1 aromatic rings. The van der Waals surface area contributed by atoms with Crippen molar-refractivity contribution >= 4 is 0 Å². The van der Waals surface area contributed by atoms with E-state index < -0.39 is 5.60 Å². The van der Waals surface area contributed by atoms with Gasteiger partial charge in [-0.15, -0.1) is 0 Å². The fraction of sp³-hybridized carbons (Fsp3) is 0.714. The minimum absolute atomic E-state index is 0.0314. The average molecular weight is 309 g/mol. The number of aliphatic hydroxyl groups is 1. The number of fused-ring (bicyclic) bond motifs is 1. The van der Waals surface area contributed by atoms with Crippen LogP contribution in [-0.2, 0) is 5.60 Å². The molecule has 1 aromatic carbocycles. The van der Waals surface area contributed by atoms with Crippen LogP contribution in [0.25, 0.3) is 0 Å². The topological polar surface area (TPSA) is 23.5 Å². The third kappa shape index (κ3) is 1.41. The molecule has 0 spiro atoms. The third-order valence-corrected chi connectivity index (χ3v) is 8.52. The summed E-state index contributed by atoms with van der Waals surface area (Å²) in [5.74, 6) is 4.08. The van der Waals surface area contributed by atoms with Crippen molar-refractivity contribution in [2.45, 2.75) is 49.7 Å². The van der Waals surface area contributed by atoms with Crippen LogP contribution >= 0.6 is 0 Å². The van der Waals surface area contributed by atoms with Gasteiger partial charge in [-0.05, 0) is 86.8 Å². The van der Waals surface area contributed by atoms with Gasteiger partial charge in [0.2, 0.25) is 0 Å². The van der Waals surface area contributed by atoms with E-state index in [0.29, 0.717) is 5.92 Å². The van der Waals surface area contributed by atoms with Crippen molar-refractivity contribution < 1.29 is 5.11 Å². The number of rotatable bonds is 3. The standard InChI is InChI=1S/C21H27NO/c23-21(15-6-2-1-3-7-15,19-14-12-16-17(13-14)18(16)19)20-8-4-10-22(20)11-5-9-20/h1-3,6-7,14,16-19,23H,4-5,8-13H2/t14?,16?,17?,18?,19-,21-/m1/s1. The lowest BCUT2D eigenvalue weighted by atomic mass is 9.63. The van der Waals surface area contributed by atoms with Crippen molar-refractivity contribution in [3.8, 4) is 0 Å². The molecule has 7 rings (SSSR count). The first-order chi connectivity index (χ1) is 11.3. The maximum atomic E-state index is 12.5. The molecule has 2 aliphatic heterocycles. The van der Waals surface area contributed by atoms with Crippen LogP contribution in [0, 0.1) is 29.6 Å². The summed E-state index contributed by atoms with van der Waals surface area (Å²) in [4.78, 5) is 2.67. The van der Waals surface area contributed by atoms with Gasteiger partial charge in [0, 0.05) is 0 Å². The van der Waals surface area contributed by atoms with Crippen LogP contribution in [0.2, 0.25) is 0 Å². The Kier molecular flexibility index (Phi) is 2.46. The van der Waals surface area contributed by atoms with E-state index in [-0.39, 0.29) is 5.54 Å². The molecule has 122 valence electrons. The molecule has 2 heterocycles. The monoisotopic (exact) mass is 309 g/mol. The van der Waals surface area contributed by atoms with Crippen LogP contribution in [0.4, 0.5) is 0 Å². The first-order valence-electron chi connectivity index (χ1n) is 9.79. The Labute approximate surface area is 138 Å². The predicted molar refractivity (Wildman–Crippen MR) is 89.8 cm³/mol. The van der Waals surface area contributed by atoms with Crippen LogP contribution in [0.1, 0.15) is 44.1 Å². The summed E-state index contributed by atoms with van der Waals surface area (Å²) in [7, 11) is 0. The predicted octanol–water partition coefficient (Wildman–Crippen LogP) is 3.40. The Morgan fingerprint density at radius 3 is 2.22 bits per heavy atom. The van der Waals surface area contributed by atoms with E-state index in [1.807, 2.05) is 0 Å². The van der Waals surface area contributed by atoms with E-state index in [4.69, 9.17) is 0 Å². The summed E-state index contributed by atoms with van der Waals surface area (Å²) in [6.45, 7) is 2.40. The molecule has 4 bridgehead atoms. The largest absolute Gasteiger partial charge is 0.383 e. The maximum absolute atomic E-state index is 12.5. The Bertz CT molecular complexity index is 619. The molecule has 0 amide bonds. The first kappa shape index (κ1) is 13.4. The first-order valence-corrected chi connectivity index (χ1v) is 9.79. The van der Waals surface area contributed by atoms with E-state index >= 15 is 0 Å². The van der Waals surface area contributed by atoms with Gasteiger partial charge in [0.1, 0.15) is 5.60 Å². The van der Waals surface area contributed by atoms with Gasteiger partial charge in [-0.2, -0.15) is 0 Å². The Hall–Kier alpha value is -0.860. The molecule has 0 aromatic heterocycles. The lowest BCUT2D eigenvalue weighted by Gasteiger charge is -2.52. The van der Waals surface area contributed by atoms with Gasteiger partial charge in [0.05, 0.1) is 5.54 Å². The summed E-state index contributed by atoms with van der Waals surface area (Å²) in [5.41, 5.74) is 0.636. The highest BCUT2D eigenvalue weighted by atomic mass is 16.3. The van der Waals surface area contributed by atoms with Gasteiger partial charge in [-0.25, -0.2) is 0 Å². The number of hydrogen-bond acceptors (Lipinski definition) is 2. The zero-order valence-corrected chi connectivity index (χ0v) is 13.8. The van der Waals surface area contributed by atoms with Crippen molar-refractivity contribution in [1.29, 1.82) is 0 Å². The van der Waals surface area contributed by atoms with Crippen LogP contribution in [0.15, 0.2) is 30.3 Å². The van der Waals surface area contributed by atoms with E-state index in [1.165, 1.54) is 57.2 Å². The number of nitrogens with zero attached hydrogens (tertiary/aromatic N) is 1. The van der Waals surface area contributed by atoms with E-state index in [0.717, 1.165) is 23.7 Å². The van der Waals surface area contributed by atoms with Gasteiger partial charge < -0.3 is 5.11 Å². The van der Waals surface area contributed by atoms with Gasteiger partial charge in [0.15, 0.2) is 0 Å². The van der Waals surface area contributed by atoms with Crippen molar-refractivity contribution in [2.75, 3.05) is 13.1 Å². The fourth-order valence-electron chi connectivity index (χ4n) is 7.89. The van der Waals surface area contributed by atoms with E-state index in [1.54, 1.807) is 0 Å². The molecule has 2 heteroatoms. The fourth-order valence-corrected chi connectivity index (χ4v) is 7.89. The Morgan fingerprint density at radius 2 is 1.65 bits per heavy atom. The summed E-state index contributed by atoms with van der Waals surface area (Å²) < 4.78 is 0. The van der Waals surface area contributed by atoms with Crippen LogP contribution in [0.5, 0.6) is 0 Å². The summed E-state index contributed by atoms with van der Waals surface area (Å²) in [5, 5.41) is 12.5. The lowest BCUT2D eigenvalue weighted by molar-refractivity contribution is -0.141. The SMILES string of the molecule is O[C@](c1ccccc1)([C@@H]1C2CC3C(C2)C31)C12CCCN1CCC2. The normalized spacial score (nSPS) is 45.2. The van der Waals surface area contributed by atoms with Crippen molar-refractivity contribution in [2.24, 2.45) is 29.6 Å². The highest BCUT2D eigenvalue weighted by Gasteiger charge is 2.76. The smallest absolute Gasteiger partial charge is 0.111 e. The van der Waals surface area contributed by atoms with Crippen LogP contribution < -0.4 is 0 Å². The molecule has 0 radical (unpaired) electrons. The molecule has 2 saturated heterocycles. The molecular formula is C21H27NO. The lowest BCUT2D eigenvalue weighted by Crippen LogP contribution is -2.60. The van der Waals surface area contributed by atoms with E-state index in [2.05, 4.69) is 35.2 Å². The molecule has 2 unspecified atom stereocenters. The summed E-state index contributed by atoms with van der Waals surface area (Å²) in [6.07, 6.45) is 7.75. The Morgan fingerprint density at radius 1 is 1.00 bits per heavy atom. The molecule has 1 N–H and O–H groups in total. The molecule has 4 aliphatic carbocycles. The number of hydrogen-bond donors (Lipinski definition) is 1. The number of benzene rings is 1. The molecule has 6 fully saturated rings. The maximum Gasteiger partial charge on any atom is 0.111 e. The van der Waals surface area contributed by atoms with Crippen molar-refractivity contribution in [3.05, 3.63) is 35.9 Å². The van der Waals surface area contributed by atoms with Crippen molar-refractivity contribution in [1.82, 2.24) is 4.90 Å².